The van der Waals surface area contributed by atoms with Crippen molar-refractivity contribution in [3.63, 3.8) is 0 Å². The fraction of sp³-hybridized carbons (Fsp3) is 0.632. The van der Waals surface area contributed by atoms with E-state index in [2.05, 4.69) is 6.92 Å². The van der Waals surface area contributed by atoms with Crippen molar-refractivity contribution >= 4 is 28.9 Å². The molecule has 0 saturated carbocycles. The second kappa shape index (κ2) is 7.88. The molecule has 2 saturated heterocycles. The van der Waals surface area contributed by atoms with Gasteiger partial charge in [-0.1, -0.05) is 6.92 Å². The fourth-order valence-electron chi connectivity index (χ4n) is 3.69. The van der Waals surface area contributed by atoms with E-state index in [1.54, 1.807) is 12.1 Å². The van der Waals surface area contributed by atoms with E-state index >= 15 is 0 Å². The van der Waals surface area contributed by atoms with Crippen molar-refractivity contribution in [2.24, 2.45) is 0 Å². The standard InChI is InChI=1S/C19H26N2O4S/c1-3-9-21-13-19(25-12-6-17(21)23)7-10-20(11-8-19)18(24)16-5-4-15(26-16)14(2)22/h4-5H,3,6-13H2,1-2H3. The van der Waals surface area contributed by atoms with Gasteiger partial charge in [0.1, 0.15) is 0 Å². The summed E-state index contributed by atoms with van der Waals surface area (Å²) >= 11 is 1.26. The van der Waals surface area contributed by atoms with Crippen LogP contribution < -0.4 is 0 Å². The number of thiophene rings is 1. The molecule has 0 bridgehead atoms. The molecule has 2 fully saturated rings. The van der Waals surface area contributed by atoms with Crippen LogP contribution in [0.15, 0.2) is 12.1 Å². The second-order valence-electron chi connectivity index (χ2n) is 7.11. The van der Waals surface area contributed by atoms with Gasteiger partial charge in [0.05, 0.1) is 28.4 Å². The molecule has 6 nitrogen and oxygen atoms in total. The Balaban J connectivity index is 1.64. The van der Waals surface area contributed by atoms with Crippen molar-refractivity contribution in [3.05, 3.63) is 21.9 Å². The van der Waals surface area contributed by atoms with Crippen LogP contribution in [-0.4, -0.2) is 65.8 Å². The lowest BCUT2D eigenvalue weighted by Gasteiger charge is -2.42. The second-order valence-corrected chi connectivity index (χ2v) is 8.19. The van der Waals surface area contributed by atoms with Gasteiger partial charge >= 0.3 is 0 Å². The summed E-state index contributed by atoms with van der Waals surface area (Å²) in [7, 11) is 0. The predicted octanol–water partition coefficient (Wildman–Crippen LogP) is 2.58. The van der Waals surface area contributed by atoms with Crippen LogP contribution in [0.3, 0.4) is 0 Å². The summed E-state index contributed by atoms with van der Waals surface area (Å²) in [6, 6.07) is 3.45. The van der Waals surface area contributed by atoms with Gasteiger partial charge in [-0.3, -0.25) is 14.4 Å². The van der Waals surface area contributed by atoms with Crippen LogP contribution in [0.2, 0.25) is 0 Å². The van der Waals surface area contributed by atoms with Crippen molar-refractivity contribution in [3.8, 4) is 0 Å². The quantitative estimate of drug-likeness (QED) is 0.756. The Morgan fingerprint density at radius 1 is 1.23 bits per heavy atom. The summed E-state index contributed by atoms with van der Waals surface area (Å²) in [5.41, 5.74) is -0.335. The third-order valence-corrected chi connectivity index (χ3v) is 6.35. The first kappa shape index (κ1) is 19.0. The Hall–Kier alpha value is -1.73. The maximum Gasteiger partial charge on any atom is 0.263 e. The molecule has 7 heteroatoms. The smallest absolute Gasteiger partial charge is 0.263 e. The first-order valence-electron chi connectivity index (χ1n) is 9.26. The van der Waals surface area contributed by atoms with Crippen LogP contribution in [-0.2, 0) is 9.53 Å². The van der Waals surface area contributed by atoms with Gasteiger partial charge in [0.2, 0.25) is 5.91 Å². The normalized spacial score (nSPS) is 20.3. The minimum Gasteiger partial charge on any atom is -0.372 e. The lowest BCUT2D eigenvalue weighted by Crippen LogP contribution is -2.53. The number of rotatable bonds is 4. The topological polar surface area (TPSA) is 66.9 Å². The van der Waals surface area contributed by atoms with E-state index in [1.807, 2.05) is 9.80 Å². The Bertz CT molecular complexity index is 691. The summed E-state index contributed by atoms with van der Waals surface area (Å²) in [6.07, 6.45) is 2.84. The molecular weight excluding hydrogens is 352 g/mol. The van der Waals surface area contributed by atoms with Crippen LogP contribution in [0, 0.1) is 0 Å². The maximum atomic E-state index is 12.7. The number of hydrogen-bond donors (Lipinski definition) is 0. The van der Waals surface area contributed by atoms with Crippen molar-refractivity contribution in [2.45, 2.75) is 45.1 Å². The molecule has 142 valence electrons. The zero-order chi connectivity index (χ0) is 18.7. The van der Waals surface area contributed by atoms with Crippen LogP contribution in [0.4, 0.5) is 0 Å². The SMILES string of the molecule is CCCN1CC2(CCN(C(=O)c3ccc(C(C)=O)s3)CC2)OCCC1=O. The van der Waals surface area contributed by atoms with Gasteiger partial charge in [-0.05, 0) is 38.3 Å². The van der Waals surface area contributed by atoms with E-state index < -0.39 is 0 Å². The molecule has 0 aliphatic carbocycles. The maximum absolute atomic E-state index is 12.7. The number of ether oxygens (including phenoxy) is 1. The number of amides is 2. The van der Waals surface area contributed by atoms with Crippen LogP contribution >= 0.6 is 11.3 Å². The van der Waals surface area contributed by atoms with Crippen LogP contribution in [0.25, 0.3) is 0 Å². The molecule has 0 aromatic carbocycles. The monoisotopic (exact) mass is 378 g/mol. The Morgan fingerprint density at radius 3 is 2.54 bits per heavy atom. The predicted molar refractivity (Wildman–Crippen MR) is 99.6 cm³/mol. The third kappa shape index (κ3) is 3.99. The van der Waals surface area contributed by atoms with Gasteiger partial charge in [0.25, 0.3) is 5.91 Å². The minimum atomic E-state index is -0.335. The molecule has 2 aliphatic heterocycles. The number of piperidine rings is 1. The van der Waals surface area contributed by atoms with E-state index in [4.69, 9.17) is 4.74 Å². The van der Waals surface area contributed by atoms with E-state index in [0.717, 1.165) is 25.8 Å². The molecule has 3 heterocycles. The van der Waals surface area contributed by atoms with Gasteiger partial charge in [-0.2, -0.15) is 0 Å². The molecule has 3 rings (SSSR count). The Labute approximate surface area is 158 Å². The highest BCUT2D eigenvalue weighted by atomic mass is 32.1. The van der Waals surface area contributed by atoms with E-state index in [-0.39, 0.29) is 23.2 Å². The molecule has 2 amide bonds. The average molecular weight is 378 g/mol. The first-order valence-corrected chi connectivity index (χ1v) is 10.1. The van der Waals surface area contributed by atoms with Crippen molar-refractivity contribution in [1.29, 1.82) is 0 Å². The van der Waals surface area contributed by atoms with Crippen molar-refractivity contribution in [2.75, 3.05) is 32.8 Å². The summed E-state index contributed by atoms with van der Waals surface area (Å²) in [5.74, 6) is 0.129. The van der Waals surface area contributed by atoms with E-state index in [9.17, 15) is 14.4 Å². The molecule has 2 aliphatic rings. The summed E-state index contributed by atoms with van der Waals surface area (Å²) < 4.78 is 6.11. The van der Waals surface area contributed by atoms with Crippen LogP contribution in [0.5, 0.6) is 0 Å². The lowest BCUT2D eigenvalue weighted by atomic mass is 9.90. The molecule has 1 spiro atoms. The van der Waals surface area contributed by atoms with Gasteiger partial charge in [0, 0.05) is 26.2 Å². The first-order chi connectivity index (χ1) is 12.4. The van der Waals surface area contributed by atoms with E-state index in [0.29, 0.717) is 42.4 Å². The number of carbonyl (C=O) groups excluding carboxylic acids is 3. The minimum absolute atomic E-state index is 0.0146. The number of Topliss-reactive ketones (excluding diaryl/α,β-unsaturated/α-hetero) is 1. The molecule has 0 atom stereocenters. The van der Waals surface area contributed by atoms with Gasteiger partial charge in [-0.15, -0.1) is 11.3 Å². The van der Waals surface area contributed by atoms with Gasteiger partial charge in [-0.25, -0.2) is 0 Å². The number of carbonyl (C=O) groups is 3. The lowest BCUT2D eigenvalue weighted by molar-refractivity contribution is -0.131. The van der Waals surface area contributed by atoms with Gasteiger partial charge in [0.15, 0.2) is 5.78 Å². The number of ketones is 1. The third-order valence-electron chi connectivity index (χ3n) is 5.18. The average Bonchev–Trinajstić information content (AvgIpc) is 3.06. The Kier molecular flexibility index (Phi) is 5.77. The van der Waals surface area contributed by atoms with E-state index in [1.165, 1.54) is 18.3 Å². The molecule has 0 N–H and O–H groups in total. The highest BCUT2D eigenvalue weighted by Crippen LogP contribution is 2.31. The zero-order valence-electron chi connectivity index (χ0n) is 15.5. The molecule has 1 aromatic rings. The number of hydrogen-bond acceptors (Lipinski definition) is 5. The summed E-state index contributed by atoms with van der Waals surface area (Å²) in [4.78, 5) is 41.3. The van der Waals surface area contributed by atoms with Crippen molar-refractivity contribution < 1.29 is 19.1 Å². The highest BCUT2D eigenvalue weighted by molar-refractivity contribution is 7.15. The zero-order valence-corrected chi connectivity index (χ0v) is 16.3. The molecular formula is C19H26N2O4S. The number of nitrogens with zero attached hydrogens (tertiary/aromatic N) is 2. The largest absolute Gasteiger partial charge is 0.372 e. The molecule has 1 aromatic heterocycles. The molecule has 0 unspecified atom stereocenters. The van der Waals surface area contributed by atoms with Crippen molar-refractivity contribution in [1.82, 2.24) is 9.80 Å². The Morgan fingerprint density at radius 2 is 1.92 bits per heavy atom. The van der Waals surface area contributed by atoms with Crippen LogP contribution in [0.1, 0.15) is 58.9 Å². The van der Waals surface area contributed by atoms with Gasteiger partial charge < -0.3 is 14.5 Å². The number of likely N-dealkylation sites (tertiary alicyclic amines) is 1. The highest BCUT2D eigenvalue weighted by Gasteiger charge is 2.41. The summed E-state index contributed by atoms with van der Waals surface area (Å²) in [5, 5.41) is 0. The molecule has 0 radical (unpaired) electrons. The fourth-order valence-corrected chi connectivity index (χ4v) is 4.56. The molecule has 26 heavy (non-hydrogen) atoms. The summed E-state index contributed by atoms with van der Waals surface area (Å²) in [6.45, 7) is 6.64.